The Morgan fingerprint density at radius 1 is 0.963 bits per heavy atom. The van der Waals surface area contributed by atoms with E-state index in [1.54, 1.807) is 0 Å². The van der Waals surface area contributed by atoms with Crippen molar-refractivity contribution in [3.8, 4) is 11.8 Å². The van der Waals surface area contributed by atoms with Gasteiger partial charge in [-0.2, -0.15) is 0 Å². The minimum atomic E-state index is -0.530. The molecular formula is C24H27NO2. The van der Waals surface area contributed by atoms with Gasteiger partial charge >= 0.3 is 0 Å². The van der Waals surface area contributed by atoms with Crippen molar-refractivity contribution in [2.75, 3.05) is 26.3 Å². The first-order valence-corrected chi connectivity index (χ1v) is 9.59. The van der Waals surface area contributed by atoms with Crippen molar-refractivity contribution in [2.45, 2.75) is 32.7 Å². The standard InChI is InChI=1S/C24H27NO2/c1-4-19-5-7-20(8-6-19)9-10-21-11-13-22(14-12-21)23(26)24(2,3)25-15-17-27-18-16-25/h5-8,11-14H,4,15-18H2,1-3H3. The zero-order chi connectivity index (χ0) is 19.3. The lowest BCUT2D eigenvalue weighted by Gasteiger charge is -2.39. The number of Topliss-reactive ketones (excluding diaryl/α,β-unsaturated/α-hetero) is 1. The highest BCUT2D eigenvalue weighted by Gasteiger charge is 2.35. The minimum absolute atomic E-state index is 0.138. The molecule has 0 aromatic heterocycles. The van der Waals surface area contributed by atoms with Gasteiger partial charge in [-0.1, -0.05) is 43.0 Å². The average molecular weight is 361 g/mol. The third kappa shape index (κ3) is 4.66. The fourth-order valence-corrected chi connectivity index (χ4v) is 3.29. The smallest absolute Gasteiger partial charge is 0.182 e. The quantitative estimate of drug-likeness (QED) is 0.610. The van der Waals surface area contributed by atoms with Crippen molar-refractivity contribution in [3.05, 3.63) is 70.8 Å². The monoisotopic (exact) mass is 361 g/mol. The molecule has 0 atom stereocenters. The summed E-state index contributed by atoms with van der Waals surface area (Å²) in [5, 5.41) is 0. The summed E-state index contributed by atoms with van der Waals surface area (Å²) in [4.78, 5) is 15.2. The molecule has 2 aromatic rings. The Balaban J connectivity index is 1.71. The number of rotatable bonds is 4. The molecule has 0 aliphatic carbocycles. The Kier molecular flexibility index (Phi) is 6.11. The van der Waals surface area contributed by atoms with E-state index < -0.39 is 5.54 Å². The van der Waals surface area contributed by atoms with Crippen LogP contribution in [-0.2, 0) is 11.2 Å². The van der Waals surface area contributed by atoms with Crippen LogP contribution in [0.3, 0.4) is 0 Å². The molecule has 0 amide bonds. The summed E-state index contributed by atoms with van der Waals surface area (Å²) in [7, 11) is 0. The van der Waals surface area contributed by atoms with Crippen molar-refractivity contribution >= 4 is 5.78 Å². The van der Waals surface area contributed by atoms with E-state index in [1.807, 2.05) is 38.1 Å². The highest BCUT2D eigenvalue weighted by molar-refractivity contribution is 6.02. The molecule has 3 nitrogen and oxygen atoms in total. The maximum absolute atomic E-state index is 13.0. The molecule has 0 radical (unpaired) electrons. The number of benzene rings is 2. The third-order valence-corrected chi connectivity index (χ3v) is 5.22. The van der Waals surface area contributed by atoms with E-state index in [0.717, 1.165) is 36.2 Å². The summed E-state index contributed by atoms with van der Waals surface area (Å²) in [5.74, 6) is 6.50. The molecule has 3 heteroatoms. The highest BCUT2D eigenvalue weighted by atomic mass is 16.5. The third-order valence-electron chi connectivity index (χ3n) is 5.22. The number of nitrogens with zero attached hydrogens (tertiary/aromatic N) is 1. The van der Waals surface area contributed by atoms with E-state index in [4.69, 9.17) is 4.74 Å². The first-order chi connectivity index (χ1) is 13.0. The van der Waals surface area contributed by atoms with Crippen molar-refractivity contribution in [3.63, 3.8) is 0 Å². The van der Waals surface area contributed by atoms with Gasteiger partial charge in [0.15, 0.2) is 5.78 Å². The van der Waals surface area contributed by atoms with Crippen LogP contribution in [0.25, 0.3) is 0 Å². The van der Waals surface area contributed by atoms with Gasteiger partial charge in [-0.25, -0.2) is 0 Å². The Labute approximate surface area is 162 Å². The minimum Gasteiger partial charge on any atom is -0.379 e. The summed E-state index contributed by atoms with van der Waals surface area (Å²) in [6.07, 6.45) is 1.03. The van der Waals surface area contributed by atoms with Crippen molar-refractivity contribution in [2.24, 2.45) is 0 Å². The lowest BCUT2D eigenvalue weighted by molar-refractivity contribution is -0.00429. The van der Waals surface area contributed by atoms with Crippen molar-refractivity contribution in [1.82, 2.24) is 4.90 Å². The predicted octanol–water partition coefficient (Wildman–Crippen LogP) is 3.94. The van der Waals surface area contributed by atoms with Gasteiger partial charge < -0.3 is 4.74 Å². The zero-order valence-corrected chi connectivity index (χ0v) is 16.4. The molecule has 0 unspecified atom stereocenters. The predicted molar refractivity (Wildman–Crippen MR) is 109 cm³/mol. The van der Waals surface area contributed by atoms with Gasteiger partial charge in [-0.3, -0.25) is 9.69 Å². The SMILES string of the molecule is CCc1ccc(C#Cc2ccc(C(=O)C(C)(C)N3CCOCC3)cc2)cc1. The van der Waals surface area contributed by atoms with Gasteiger partial charge in [0, 0.05) is 29.8 Å². The van der Waals surface area contributed by atoms with Crippen LogP contribution < -0.4 is 0 Å². The highest BCUT2D eigenvalue weighted by Crippen LogP contribution is 2.22. The molecule has 3 rings (SSSR count). The maximum atomic E-state index is 13.0. The van der Waals surface area contributed by atoms with Crippen molar-refractivity contribution < 1.29 is 9.53 Å². The fraction of sp³-hybridized carbons (Fsp3) is 0.375. The van der Waals surface area contributed by atoms with Crippen LogP contribution in [0.1, 0.15) is 47.8 Å². The average Bonchev–Trinajstić information content (AvgIpc) is 2.73. The maximum Gasteiger partial charge on any atom is 0.182 e. The molecule has 0 N–H and O–H groups in total. The number of aryl methyl sites for hydroxylation is 1. The number of morpholine rings is 1. The van der Waals surface area contributed by atoms with E-state index in [1.165, 1.54) is 5.56 Å². The van der Waals surface area contributed by atoms with Gasteiger partial charge in [0.05, 0.1) is 18.8 Å². The van der Waals surface area contributed by atoms with E-state index in [-0.39, 0.29) is 5.78 Å². The molecule has 27 heavy (non-hydrogen) atoms. The van der Waals surface area contributed by atoms with Crippen LogP contribution in [0.2, 0.25) is 0 Å². The summed E-state index contributed by atoms with van der Waals surface area (Å²) >= 11 is 0. The van der Waals surface area contributed by atoms with E-state index in [9.17, 15) is 4.79 Å². The molecule has 1 aliphatic heterocycles. The molecule has 0 spiro atoms. The molecule has 1 heterocycles. The molecule has 140 valence electrons. The second-order valence-electron chi connectivity index (χ2n) is 7.37. The van der Waals surface area contributed by atoms with E-state index in [2.05, 4.69) is 47.9 Å². The number of carbonyl (C=O) groups excluding carboxylic acids is 1. The first kappa shape index (κ1) is 19.4. The molecular weight excluding hydrogens is 334 g/mol. The van der Waals surface area contributed by atoms with E-state index >= 15 is 0 Å². The zero-order valence-electron chi connectivity index (χ0n) is 16.4. The molecule has 2 aromatic carbocycles. The normalized spacial score (nSPS) is 15.1. The summed E-state index contributed by atoms with van der Waals surface area (Å²) in [5.41, 5.74) is 3.42. The summed E-state index contributed by atoms with van der Waals surface area (Å²) in [6.45, 7) is 9.08. The Bertz CT molecular complexity index is 833. The van der Waals surface area contributed by atoms with Crippen LogP contribution in [0.5, 0.6) is 0 Å². The van der Waals surface area contributed by atoms with Crippen molar-refractivity contribution in [1.29, 1.82) is 0 Å². The van der Waals surface area contributed by atoms with Crippen LogP contribution in [0.4, 0.5) is 0 Å². The molecule has 1 fully saturated rings. The van der Waals surface area contributed by atoms with Crippen LogP contribution in [0, 0.1) is 11.8 Å². The number of ketones is 1. The number of hydrogen-bond acceptors (Lipinski definition) is 3. The lowest BCUT2D eigenvalue weighted by Crippen LogP contribution is -2.54. The molecule has 0 bridgehead atoms. The van der Waals surface area contributed by atoms with Gasteiger partial charge in [0.2, 0.25) is 0 Å². The van der Waals surface area contributed by atoms with Crippen LogP contribution >= 0.6 is 0 Å². The number of ether oxygens (including phenoxy) is 1. The topological polar surface area (TPSA) is 29.5 Å². The Morgan fingerprint density at radius 2 is 1.48 bits per heavy atom. The Morgan fingerprint density at radius 3 is 2.00 bits per heavy atom. The first-order valence-electron chi connectivity index (χ1n) is 9.59. The van der Waals surface area contributed by atoms with Crippen LogP contribution in [0.15, 0.2) is 48.5 Å². The molecule has 1 aliphatic rings. The molecule has 0 saturated carbocycles. The van der Waals surface area contributed by atoms with E-state index in [0.29, 0.717) is 13.2 Å². The lowest BCUT2D eigenvalue weighted by atomic mass is 9.90. The Hall–Kier alpha value is -2.41. The molecule has 1 saturated heterocycles. The second kappa shape index (κ2) is 8.52. The van der Waals surface area contributed by atoms with Crippen LogP contribution in [-0.4, -0.2) is 42.5 Å². The number of carbonyl (C=O) groups is 1. The largest absolute Gasteiger partial charge is 0.379 e. The fourth-order valence-electron chi connectivity index (χ4n) is 3.29. The van der Waals surface area contributed by atoms with Gasteiger partial charge in [-0.15, -0.1) is 0 Å². The second-order valence-corrected chi connectivity index (χ2v) is 7.37. The van der Waals surface area contributed by atoms with Gasteiger partial charge in [0.25, 0.3) is 0 Å². The summed E-state index contributed by atoms with van der Waals surface area (Å²) in [6, 6.07) is 15.9. The van der Waals surface area contributed by atoms with Gasteiger partial charge in [0.1, 0.15) is 0 Å². The summed E-state index contributed by atoms with van der Waals surface area (Å²) < 4.78 is 5.40. The van der Waals surface area contributed by atoms with Gasteiger partial charge in [-0.05, 0) is 50.1 Å². The number of hydrogen-bond donors (Lipinski definition) is 0.